The molecule has 0 bridgehead atoms. The maximum atomic E-state index is 13.0. The number of benzene rings is 1. The Kier molecular flexibility index (Phi) is 6.68. The minimum absolute atomic E-state index is 0. The van der Waals surface area contributed by atoms with Crippen molar-refractivity contribution >= 4 is 11.4 Å². The van der Waals surface area contributed by atoms with Gasteiger partial charge in [0, 0.05) is 17.1 Å². The minimum Gasteiger partial charge on any atom is -0.512 e. The van der Waals surface area contributed by atoms with Crippen LogP contribution in [0.1, 0.15) is 36.1 Å². The number of allylic oxidation sites excluding steroid dienone is 2. The van der Waals surface area contributed by atoms with Gasteiger partial charge in [0.25, 0.3) is 0 Å². The van der Waals surface area contributed by atoms with E-state index in [2.05, 4.69) is 0 Å². The van der Waals surface area contributed by atoms with Crippen molar-refractivity contribution in [3.63, 3.8) is 0 Å². The van der Waals surface area contributed by atoms with Crippen molar-refractivity contribution in [2.75, 3.05) is 0 Å². The standard InChI is InChI=1S/C14H9F6NO2.Cu/c1-6(22)12(7(2)23)8-3-10(13(15,16)17)9(5-21)11(4-8)14(18,19)20;/h3-4,22H,1-2H3;/b12-6+;. The molecule has 0 atom stereocenters. The molecule has 1 aromatic carbocycles. The number of alkyl halides is 6. The van der Waals surface area contributed by atoms with E-state index in [1.165, 1.54) is 0 Å². The van der Waals surface area contributed by atoms with Crippen LogP contribution < -0.4 is 0 Å². The van der Waals surface area contributed by atoms with Crippen molar-refractivity contribution in [1.82, 2.24) is 0 Å². The fourth-order valence-corrected chi connectivity index (χ4v) is 2.02. The predicted octanol–water partition coefficient (Wildman–Crippen LogP) is 4.47. The molecule has 1 radical (unpaired) electrons. The number of hydrogen-bond donors (Lipinski definition) is 1. The van der Waals surface area contributed by atoms with E-state index in [1.54, 1.807) is 0 Å². The molecule has 1 rings (SSSR count). The Labute approximate surface area is 143 Å². The number of halogens is 6. The average molecular weight is 401 g/mol. The van der Waals surface area contributed by atoms with Crippen molar-refractivity contribution in [3.8, 4) is 6.07 Å². The van der Waals surface area contributed by atoms with Crippen LogP contribution in [0.5, 0.6) is 0 Å². The summed E-state index contributed by atoms with van der Waals surface area (Å²) in [6.45, 7) is 1.84. The van der Waals surface area contributed by atoms with Crippen LogP contribution in [-0.4, -0.2) is 10.9 Å². The number of Topliss-reactive ketones (excluding diaryl/α,β-unsaturated/α-hetero) is 1. The Balaban J connectivity index is 0.00000529. The van der Waals surface area contributed by atoms with Crippen molar-refractivity contribution in [2.45, 2.75) is 26.2 Å². The van der Waals surface area contributed by atoms with E-state index in [0.29, 0.717) is 0 Å². The van der Waals surface area contributed by atoms with E-state index in [1.807, 2.05) is 0 Å². The quantitative estimate of drug-likeness (QED) is 0.345. The van der Waals surface area contributed by atoms with Gasteiger partial charge in [-0.05, 0) is 31.5 Å². The van der Waals surface area contributed by atoms with Crippen LogP contribution in [0.15, 0.2) is 17.9 Å². The third-order valence-corrected chi connectivity index (χ3v) is 2.86. The number of hydrogen-bond acceptors (Lipinski definition) is 3. The second-order valence-corrected chi connectivity index (χ2v) is 4.57. The molecule has 3 nitrogen and oxygen atoms in total. The molecule has 1 aromatic rings. The molecule has 0 aliphatic carbocycles. The molecule has 0 saturated heterocycles. The summed E-state index contributed by atoms with van der Waals surface area (Å²) >= 11 is 0. The molecule has 24 heavy (non-hydrogen) atoms. The van der Waals surface area contributed by atoms with Gasteiger partial charge in [-0.15, -0.1) is 0 Å². The topological polar surface area (TPSA) is 61.1 Å². The van der Waals surface area contributed by atoms with E-state index in [-0.39, 0.29) is 29.2 Å². The Bertz CT molecular complexity index is 689. The van der Waals surface area contributed by atoms with Gasteiger partial charge in [0.1, 0.15) is 11.8 Å². The zero-order chi connectivity index (χ0) is 18.2. The van der Waals surface area contributed by atoms with Gasteiger partial charge in [-0.2, -0.15) is 31.6 Å². The maximum absolute atomic E-state index is 13.0. The summed E-state index contributed by atoms with van der Waals surface area (Å²) in [4.78, 5) is 11.4. The fraction of sp³-hybridized carbons (Fsp3) is 0.286. The first-order chi connectivity index (χ1) is 10.3. The van der Waals surface area contributed by atoms with E-state index in [4.69, 9.17) is 5.26 Å². The van der Waals surface area contributed by atoms with E-state index in [9.17, 15) is 36.2 Å². The Morgan fingerprint density at radius 3 is 1.62 bits per heavy atom. The number of rotatable bonds is 2. The number of ketones is 1. The second kappa shape index (κ2) is 7.28. The van der Waals surface area contributed by atoms with Gasteiger partial charge in [-0.3, -0.25) is 4.79 Å². The molecule has 0 spiro atoms. The number of nitrogens with zero attached hydrogens (tertiary/aromatic N) is 1. The summed E-state index contributed by atoms with van der Waals surface area (Å²) in [5, 5.41) is 18.1. The fourth-order valence-electron chi connectivity index (χ4n) is 2.02. The van der Waals surface area contributed by atoms with Gasteiger partial charge >= 0.3 is 12.4 Å². The molecular weight excluding hydrogens is 392 g/mol. The van der Waals surface area contributed by atoms with Crippen LogP contribution in [-0.2, 0) is 34.2 Å². The number of carbonyl (C=O) groups excluding carboxylic acids is 1. The first-order valence-corrected chi connectivity index (χ1v) is 5.94. The van der Waals surface area contributed by atoms with E-state index >= 15 is 0 Å². The average Bonchev–Trinajstić information content (AvgIpc) is 2.34. The van der Waals surface area contributed by atoms with E-state index < -0.39 is 51.7 Å². The molecule has 0 saturated carbocycles. The number of carbonyl (C=O) groups is 1. The van der Waals surface area contributed by atoms with Gasteiger partial charge in [0.2, 0.25) is 0 Å². The zero-order valence-electron chi connectivity index (χ0n) is 12.0. The van der Waals surface area contributed by atoms with Crippen LogP contribution in [0.25, 0.3) is 5.57 Å². The van der Waals surface area contributed by atoms with Crippen LogP contribution in [0.4, 0.5) is 26.3 Å². The Morgan fingerprint density at radius 2 is 1.42 bits per heavy atom. The zero-order valence-corrected chi connectivity index (χ0v) is 13.0. The Morgan fingerprint density at radius 1 is 1.04 bits per heavy atom. The molecule has 10 heteroatoms. The number of aliphatic hydroxyl groups is 1. The number of aliphatic hydroxyl groups excluding tert-OH is 1. The molecule has 0 unspecified atom stereocenters. The van der Waals surface area contributed by atoms with Crippen molar-refractivity contribution in [3.05, 3.63) is 40.1 Å². The van der Waals surface area contributed by atoms with Crippen LogP contribution >= 0.6 is 0 Å². The minimum atomic E-state index is -5.24. The van der Waals surface area contributed by atoms with Crippen LogP contribution in [0.3, 0.4) is 0 Å². The molecule has 135 valence electrons. The van der Waals surface area contributed by atoms with Gasteiger partial charge in [-0.1, -0.05) is 0 Å². The van der Waals surface area contributed by atoms with Crippen molar-refractivity contribution in [1.29, 1.82) is 5.26 Å². The maximum Gasteiger partial charge on any atom is 0.417 e. The monoisotopic (exact) mass is 400 g/mol. The third kappa shape index (κ3) is 4.52. The second-order valence-electron chi connectivity index (χ2n) is 4.57. The first-order valence-electron chi connectivity index (χ1n) is 5.94. The summed E-state index contributed by atoms with van der Waals surface area (Å²) in [6, 6.07) is 1.38. The summed E-state index contributed by atoms with van der Waals surface area (Å²) in [7, 11) is 0. The van der Waals surface area contributed by atoms with Gasteiger partial charge in [0.15, 0.2) is 5.78 Å². The normalized spacial score (nSPS) is 12.8. The van der Waals surface area contributed by atoms with E-state index in [0.717, 1.165) is 19.9 Å². The molecule has 0 heterocycles. The SMILES string of the molecule is CC(=O)/C(=C(/C)O)c1cc(C(F)(F)F)c(C#N)c(C(F)(F)F)c1.[Cu]. The van der Waals surface area contributed by atoms with Gasteiger partial charge in [-0.25, -0.2) is 0 Å². The Hall–Kier alpha value is -1.98. The van der Waals surface area contributed by atoms with Crippen LogP contribution in [0, 0.1) is 11.3 Å². The number of nitriles is 1. The smallest absolute Gasteiger partial charge is 0.417 e. The van der Waals surface area contributed by atoms with Crippen molar-refractivity contribution in [2.24, 2.45) is 0 Å². The summed E-state index contributed by atoms with van der Waals surface area (Å²) in [6.07, 6.45) is -10.5. The molecule has 0 fully saturated rings. The molecule has 1 N–H and O–H groups in total. The van der Waals surface area contributed by atoms with Crippen LogP contribution in [0.2, 0.25) is 0 Å². The molecular formula is C14H9CuF6NO2. The van der Waals surface area contributed by atoms with Gasteiger partial charge in [0.05, 0.1) is 22.3 Å². The third-order valence-electron chi connectivity index (χ3n) is 2.86. The summed E-state index contributed by atoms with van der Waals surface area (Å²) in [5.41, 5.74) is -6.71. The first kappa shape index (κ1) is 22.0. The largest absolute Gasteiger partial charge is 0.512 e. The molecule has 0 aromatic heterocycles. The molecule has 0 amide bonds. The molecule has 0 aliphatic heterocycles. The van der Waals surface area contributed by atoms with Gasteiger partial charge < -0.3 is 5.11 Å². The molecule has 0 aliphatic rings. The summed E-state index contributed by atoms with van der Waals surface area (Å²) < 4.78 is 77.8. The summed E-state index contributed by atoms with van der Waals surface area (Å²) in [5.74, 6) is -1.65. The van der Waals surface area contributed by atoms with Crippen molar-refractivity contribution < 1.29 is 53.3 Å². The predicted molar refractivity (Wildman–Crippen MR) is 67.1 cm³/mol.